The molecule has 0 atom stereocenters. The molecule has 0 aromatic heterocycles. The molecule has 0 unspecified atom stereocenters. The minimum Gasteiger partial charge on any atom is -0.442 e. The van der Waals surface area contributed by atoms with Gasteiger partial charge < -0.3 is 9.22 Å². The van der Waals surface area contributed by atoms with Crippen molar-refractivity contribution in [2.75, 3.05) is 6.61 Å². The van der Waals surface area contributed by atoms with Gasteiger partial charge in [0.25, 0.3) is 0 Å². The van der Waals surface area contributed by atoms with E-state index < -0.39 is 0 Å². The first kappa shape index (κ1) is 12.7. The van der Waals surface area contributed by atoms with Gasteiger partial charge in [-0.3, -0.25) is 0 Å². The van der Waals surface area contributed by atoms with Gasteiger partial charge in [0.05, 0.1) is 0 Å². The first-order valence-corrected chi connectivity index (χ1v) is 5.50. The summed E-state index contributed by atoms with van der Waals surface area (Å²) in [5, 5.41) is 0. The zero-order valence-electron chi connectivity index (χ0n) is 5.89. The molecule has 1 rings (SSSR count). The molecule has 0 amide bonds. The Balaban J connectivity index is 0. The second-order valence-electron chi connectivity index (χ2n) is 1.67. The van der Waals surface area contributed by atoms with Crippen LogP contribution in [0.4, 0.5) is 0 Å². The van der Waals surface area contributed by atoms with Gasteiger partial charge in [0.2, 0.25) is 0 Å². The molecular weight excluding hydrogens is 184 g/mol. The van der Waals surface area contributed by atoms with Gasteiger partial charge in [-0.15, -0.1) is 0 Å². The monoisotopic (exact) mass is 198 g/mol. The predicted octanol–water partition coefficient (Wildman–Crippen LogP) is -1.44. The predicted molar refractivity (Wildman–Crippen MR) is 40.7 cm³/mol. The third kappa shape index (κ3) is 9.07. The molecule has 1 heterocycles. The molecule has 54 valence electrons. The van der Waals surface area contributed by atoms with Crippen molar-refractivity contribution >= 4 is 20.2 Å². The molecule has 1 saturated heterocycles. The van der Waals surface area contributed by atoms with Crippen molar-refractivity contribution in [2.24, 2.45) is 0 Å². The van der Waals surface area contributed by atoms with Crippen molar-refractivity contribution in [3.63, 3.8) is 0 Å². The number of rotatable bonds is 0. The summed E-state index contributed by atoms with van der Waals surface area (Å²) in [5.41, 5.74) is 0. The van der Waals surface area contributed by atoms with Crippen LogP contribution < -0.4 is 0 Å². The Morgan fingerprint density at radius 1 is 1.33 bits per heavy atom. The van der Waals surface area contributed by atoms with E-state index in [4.69, 9.17) is 9.22 Å². The summed E-state index contributed by atoms with van der Waals surface area (Å²) in [6.07, 6.45) is 2.75. The Kier molecular flexibility index (Phi) is 16.7. The molecule has 2 nitrogen and oxygen atoms in total. The van der Waals surface area contributed by atoms with Crippen LogP contribution in [0, 0.1) is 0 Å². The standard InChI is InChI=1S/C4H10OSi.H4OSi.Ti/c1-2-4-6-5-3-1;1-2;/h1-4,6H2;1H,2H3;. The molecule has 9 heavy (non-hydrogen) atoms. The van der Waals surface area contributed by atoms with Crippen LogP contribution in [-0.4, -0.2) is 31.7 Å². The van der Waals surface area contributed by atoms with E-state index in [9.17, 15) is 0 Å². The van der Waals surface area contributed by atoms with Gasteiger partial charge in [-0.1, -0.05) is 6.42 Å². The number of hydrogen-bond acceptors (Lipinski definition) is 2. The average Bonchev–Trinajstić information content (AvgIpc) is 1.96. The van der Waals surface area contributed by atoms with Gasteiger partial charge >= 0.3 is 0 Å². The molecule has 0 aromatic rings. The Morgan fingerprint density at radius 2 is 2.00 bits per heavy atom. The summed E-state index contributed by atoms with van der Waals surface area (Å²) in [5.74, 6) is 0. The van der Waals surface area contributed by atoms with Crippen molar-refractivity contribution < 1.29 is 30.9 Å². The molecule has 1 N–H and O–H groups in total. The van der Waals surface area contributed by atoms with E-state index in [0.29, 0.717) is 10.5 Å². The minimum absolute atomic E-state index is 0. The smallest absolute Gasteiger partial charge is 0.161 e. The Hall–Kier alpha value is 1.07. The molecule has 1 aliphatic rings. The summed E-state index contributed by atoms with van der Waals surface area (Å²) in [7, 11) is 0.314. The van der Waals surface area contributed by atoms with Crippen molar-refractivity contribution in [3.8, 4) is 0 Å². The largest absolute Gasteiger partial charge is 0.442 e. The maximum Gasteiger partial charge on any atom is 0.161 e. The molecule has 5 heteroatoms. The summed E-state index contributed by atoms with van der Waals surface area (Å²) in [6, 6.07) is 1.42. The topological polar surface area (TPSA) is 29.5 Å². The first-order chi connectivity index (χ1) is 4.00. The summed E-state index contributed by atoms with van der Waals surface area (Å²) in [6.45, 7) is 1.06. The normalized spacial score (nSPS) is 19.7. The maximum absolute atomic E-state index is 7.14. The van der Waals surface area contributed by atoms with Gasteiger partial charge in [0, 0.05) is 28.3 Å². The molecule has 0 radical (unpaired) electrons. The van der Waals surface area contributed by atoms with E-state index in [0.717, 1.165) is 6.61 Å². The third-order valence-electron chi connectivity index (χ3n) is 1.08. The Bertz CT molecular complexity index is 32.0. The molecule has 0 aliphatic carbocycles. The average molecular weight is 198 g/mol. The number of hydrogen-bond donors (Lipinski definition) is 1. The molecule has 0 spiro atoms. The van der Waals surface area contributed by atoms with Crippen LogP contribution in [-0.2, 0) is 26.1 Å². The van der Waals surface area contributed by atoms with Crippen molar-refractivity contribution in [1.82, 2.24) is 0 Å². The Morgan fingerprint density at radius 3 is 2.11 bits per heavy atom. The van der Waals surface area contributed by atoms with E-state index >= 15 is 0 Å². The van der Waals surface area contributed by atoms with Crippen LogP contribution in [0.2, 0.25) is 6.04 Å². The quantitative estimate of drug-likeness (QED) is 0.483. The van der Waals surface area contributed by atoms with Gasteiger partial charge in [-0.05, 0) is 12.5 Å². The second-order valence-corrected chi connectivity index (χ2v) is 3.20. The zero-order valence-corrected chi connectivity index (χ0v) is 10.9. The van der Waals surface area contributed by atoms with Gasteiger partial charge in [0.1, 0.15) is 10.5 Å². The van der Waals surface area contributed by atoms with Crippen LogP contribution >= 0.6 is 0 Å². The summed E-state index contributed by atoms with van der Waals surface area (Å²) >= 11 is 0. The zero-order chi connectivity index (χ0) is 6.24. The van der Waals surface area contributed by atoms with Crippen molar-refractivity contribution in [2.45, 2.75) is 18.9 Å². The van der Waals surface area contributed by atoms with Crippen LogP contribution in [0.5, 0.6) is 0 Å². The van der Waals surface area contributed by atoms with Gasteiger partial charge in [-0.25, -0.2) is 0 Å². The molecular formula is C4H14O2Si2Ti. The van der Waals surface area contributed by atoms with Crippen molar-refractivity contribution in [3.05, 3.63) is 0 Å². The van der Waals surface area contributed by atoms with Crippen molar-refractivity contribution in [1.29, 1.82) is 0 Å². The van der Waals surface area contributed by atoms with Crippen LogP contribution in [0.1, 0.15) is 12.8 Å². The van der Waals surface area contributed by atoms with Crippen LogP contribution in [0.3, 0.4) is 0 Å². The Labute approximate surface area is 76.7 Å². The molecule has 0 bridgehead atoms. The van der Waals surface area contributed by atoms with E-state index in [1.54, 1.807) is 0 Å². The maximum atomic E-state index is 7.14. The molecule has 0 saturated carbocycles. The fourth-order valence-corrected chi connectivity index (χ4v) is 1.86. The summed E-state index contributed by atoms with van der Waals surface area (Å²) in [4.78, 5) is 7.14. The van der Waals surface area contributed by atoms with E-state index in [1.165, 1.54) is 18.9 Å². The van der Waals surface area contributed by atoms with E-state index in [2.05, 4.69) is 0 Å². The van der Waals surface area contributed by atoms with Gasteiger partial charge in [0.15, 0.2) is 9.76 Å². The van der Waals surface area contributed by atoms with E-state index in [-0.39, 0.29) is 31.5 Å². The first-order valence-electron chi connectivity index (χ1n) is 3.02. The molecule has 0 aromatic carbocycles. The van der Waals surface area contributed by atoms with E-state index in [1.807, 2.05) is 0 Å². The molecule has 1 fully saturated rings. The van der Waals surface area contributed by atoms with Crippen LogP contribution in [0.15, 0.2) is 0 Å². The summed E-state index contributed by atoms with van der Waals surface area (Å²) < 4.78 is 5.21. The van der Waals surface area contributed by atoms with Crippen LogP contribution in [0.25, 0.3) is 0 Å². The third-order valence-corrected chi connectivity index (χ3v) is 2.44. The van der Waals surface area contributed by atoms with Gasteiger partial charge in [-0.2, -0.15) is 0 Å². The SMILES string of the molecule is C1CC[SiH2]OC1.O[SiH3].[Ti]. The fourth-order valence-electron chi connectivity index (χ4n) is 0.687. The fraction of sp³-hybridized carbons (Fsp3) is 1.00. The molecule has 1 aliphatic heterocycles. The minimum atomic E-state index is 0. The second kappa shape index (κ2) is 11.8.